The molecule has 3 aliphatic rings. The highest BCUT2D eigenvalue weighted by molar-refractivity contribution is 6.35. The molecule has 0 bridgehead atoms. The Kier molecular flexibility index (Phi) is 7.43. The molecule has 1 saturated heterocycles. The molecule has 9 nitrogen and oxygen atoms in total. The van der Waals surface area contributed by atoms with Gasteiger partial charge in [0, 0.05) is 42.8 Å². The number of nitrogens with one attached hydrogen (secondary N) is 2. The second kappa shape index (κ2) is 10.3. The van der Waals surface area contributed by atoms with Gasteiger partial charge >= 0.3 is 6.03 Å². The lowest BCUT2D eigenvalue weighted by Crippen LogP contribution is -2.47. The summed E-state index contributed by atoms with van der Waals surface area (Å²) in [5, 5.41) is 6.58. The highest BCUT2D eigenvalue weighted by Gasteiger charge is 2.44. The number of rotatable bonds is 7. The minimum atomic E-state index is -0.707. The van der Waals surface area contributed by atoms with E-state index in [0.29, 0.717) is 53.2 Å². The summed E-state index contributed by atoms with van der Waals surface area (Å²) in [7, 11) is 0. The van der Waals surface area contributed by atoms with Gasteiger partial charge in [0.1, 0.15) is 6.54 Å². The molecule has 33 heavy (non-hydrogen) atoms. The SMILES string of the molecule is CCN1C(=O)NC(c2ccc(Cl)cc2Cl)C2=C1CN(CC(=O)NCCN1CCOCC1)C2=O. The molecule has 0 spiro atoms. The average molecular weight is 496 g/mol. The fourth-order valence-electron chi connectivity index (χ4n) is 4.39. The number of benzene rings is 1. The Bertz CT molecular complexity index is 980. The topological polar surface area (TPSA) is 94.2 Å². The fraction of sp³-hybridized carbons (Fsp3) is 0.500. The van der Waals surface area contributed by atoms with Crippen molar-refractivity contribution < 1.29 is 19.1 Å². The number of urea groups is 1. The number of morpholine rings is 1. The van der Waals surface area contributed by atoms with Crippen LogP contribution in [0.2, 0.25) is 10.0 Å². The molecule has 11 heteroatoms. The largest absolute Gasteiger partial charge is 0.379 e. The Morgan fingerprint density at radius 1 is 1.24 bits per heavy atom. The van der Waals surface area contributed by atoms with Crippen molar-refractivity contribution in [3.8, 4) is 0 Å². The van der Waals surface area contributed by atoms with Crippen molar-refractivity contribution in [2.75, 3.05) is 59.0 Å². The van der Waals surface area contributed by atoms with Crippen LogP contribution in [-0.4, -0.2) is 91.6 Å². The molecule has 1 aromatic rings. The predicted octanol–water partition coefficient (Wildman–Crippen LogP) is 1.62. The molecule has 0 aromatic heterocycles. The van der Waals surface area contributed by atoms with E-state index < -0.39 is 6.04 Å². The van der Waals surface area contributed by atoms with Crippen molar-refractivity contribution in [2.45, 2.75) is 13.0 Å². The van der Waals surface area contributed by atoms with E-state index in [1.54, 1.807) is 18.2 Å². The van der Waals surface area contributed by atoms with Gasteiger partial charge in [-0.05, 0) is 24.6 Å². The first-order chi connectivity index (χ1) is 15.9. The quantitative estimate of drug-likeness (QED) is 0.599. The van der Waals surface area contributed by atoms with Crippen LogP contribution in [0.1, 0.15) is 18.5 Å². The molecule has 178 valence electrons. The summed E-state index contributed by atoms with van der Waals surface area (Å²) >= 11 is 12.4. The molecule has 0 saturated carbocycles. The Morgan fingerprint density at radius 3 is 2.70 bits per heavy atom. The van der Waals surface area contributed by atoms with Crippen LogP contribution in [0, 0.1) is 0 Å². The first-order valence-corrected chi connectivity index (χ1v) is 11.8. The van der Waals surface area contributed by atoms with Crippen molar-refractivity contribution in [3.05, 3.63) is 45.1 Å². The number of ether oxygens (including phenoxy) is 1. The smallest absolute Gasteiger partial charge is 0.322 e. The maximum atomic E-state index is 13.3. The van der Waals surface area contributed by atoms with Gasteiger partial charge in [-0.2, -0.15) is 0 Å². The van der Waals surface area contributed by atoms with Crippen LogP contribution in [0.25, 0.3) is 0 Å². The van der Waals surface area contributed by atoms with Crippen LogP contribution in [0.3, 0.4) is 0 Å². The molecule has 0 aliphatic carbocycles. The zero-order valence-electron chi connectivity index (χ0n) is 18.4. The number of amides is 4. The average Bonchev–Trinajstić information content (AvgIpc) is 3.10. The van der Waals surface area contributed by atoms with E-state index in [-0.39, 0.29) is 30.9 Å². The van der Waals surface area contributed by atoms with E-state index in [2.05, 4.69) is 15.5 Å². The van der Waals surface area contributed by atoms with E-state index in [9.17, 15) is 14.4 Å². The molecular formula is C22H27Cl2N5O4. The number of carbonyl (C=O) groups is 3. The lowest BCUT2D eigenvalue weighted by Gasteiger charge is -2.33. The molecule has 4 rings (SSSR count). The minimum absolute atomic E-state index is 0.0816. The normalized spacial score (nSPS) is 21.4. The molecule has 1 atom stereocenters. The van der Waals surface area contributed by atoms with Crippen molar-refractivity contribution >= 4 is 41.0 Å². The lowest BCUT2D eigenvalue weighted by molar-refractivity contribution is -0.131. The van der Waals surface area contributed by atoms with Gasteiger partial charge in [0.05, 0.1) is 37.1 Å². The van der Waals surface area contributed by atoms with Gasteiger partial charge in [0.2, 0.25) is 5.91 Å². The standard InChI is InChI=1S/C22H27Cl2N5O4/c1-2-29-17-12-28(13-18(30)25-5-6-27-7-9-33-10-8-27)21(31)19(17)20(26-22(29)32)15-4-3-14(23)11-16(15)24/h3-4,11,20H,2,5-10,12-13H2,1H3,(H,25,30)(H,26,32). The van der Waals surface area contributed by atoms with Crippen LogP contribution >= 0.6 is 23.2 Å². The first-order valence-electron chi connectivity index (χ1n) is 11.0. The van der Waals surface area contributed by atoms with Crippen molar-refractivity contribution in [1.29, 1.82) is 0 Å². The van der Waals surface area contributed by atoms with E-state index in [1.165, 1.54) is 9.80 Å². The van der Waals surface area contributed by atoms with Crippen molar-refractivity contribution in [2.24, 2.45) is 0 Å². The van der Waals surface area contributed by atoms with Gasteiger partial charge in [-0.3, -0.25) is 19.4 Å². The highest BCUT2D eigenvalue weighted by atomic mass is 35.5. The summed E-state index contributed by atoms with van der Waals surface area (Å²) in [6.45, 7) is 6.67. The Balaban J connectivity index is 1.45. The van der Waals surface area contributed by atoms with Gasteiger partial charge < -0.3 is 20.3 Å². The third-order valence-electron chi connectivity index (χ3n) is 6.07. The van der Waals surface area contributed by atoms with Crippen LogP contribution in [0.5, 0.6) is 0 Å². The van der Waals surface area contributed by atoms with Gasteiger partial charge in [-0.25, -0.2) is 4.79 Å². The number of nitrogens with zero attached hydrogens (tertiary/aromatic N) is 3. The molecule has 1 unspecified atom stereocenters. The fourth-order valence-corrected chi connectivity index (χ4v) is 4.90. The minimum Gasteiger partial charge on any atom is -0.379 e. The molecule has 3 heterocycles. The number of hydrogen-bond acceptors (Lipinski definition) is 5. The van der Waals surface area contributed by atoms with Gasteiger partial charge in [0.15, 0.2) is 0 Å². The molecule has 3 aliphatic heterocycles. The summed E-state index contributed by atoms with van der Waals surface area (Å²) < 4.78 is 5.33. The van der Waals surface area contributed by atoms with Gasteiger partial charge in [-0.15, -0.1) is 0 Å². The summed E-state index contributed by atoms with van der Waals surface area (Å²) in [6, 6.07) is 3.94. The Morgan fingerprint density at radius 2 is 2.00 bits per heavy atom. The van der Waals surface area contributed by atoms with E-state index in [4.69, 9.17) is 27.9 Å². The summed E-state index contributed by atoms with van der Waals surface area (Å²) in [5.74, 6) is -0.525. The highest BCUT2D eigenvalue weighted by Crippen LogP contribution is 2.39. The second-order valence-electron chi connectivity index (χ2n) is 8.12. The number of hydrogen-bond donors (Lipinski definition) is 2. The van der Waals surface area contributed by atoms with E-state index in [0.717, 1.165) is 19.6 Å². The monoisotopic (exact) mass is 495 g/mol. The van der Waals surface area contributed by atoms with Crippen molar-refractivity contribution in [1.82, 2.24) is 25.3 Å². The molecule has 1 fully saturated rings. The summed E-state index contributed by atoms with van der Waals surface area (Å²) in [4.78, 5) is 43.9. The van der Waals surface area contributed by atoms with Crippen LogP contribution < -0.4 is 10.6 Å². The maximum absolute atomic E-state index is 13.3. The molecule has 0 radical (unpaired) electrons. The zero-order valence-corrected chi connectivity index (χ0v) is 19.9. The summed E-state index contributed by atoms with van der Waals surface area (Å²) in [5.41, 5.74) is 1.62. The molecule has 2 N–H and O–H groups in total. The third-order valence-corrected chi connectivity index (χ3v) is 6.64. The number of carbonyl (C=O) groups excluding carboxylic acids is 3. The number of likely N-dealkylation sites (N-methyl/N-ethyl adjacent to an activating group) is 1. The summed E-state index contributed by atoms with van der Waals surface area (Å²) in [6.07, 6.45) is 0. The molecular weight excluding hydrogens is 469 g/mol. The third kappa shape index (κ3) is 5.11. The van der Waals surface area contributed by atoms with Crippen LogP contribution in [-0.2, 0) is 14.3 Å². The van der Waals surface area contributed by atoms with Crippen LogP contribution in [0.4, 0.5) is 4.79 Å². The molecule has 4 amide bonds. The van der Waals surface area contributed by atoms with Crippen molar-refractivity contribution in [3.63, 3.8) is 0 Å². The zero-order chi connectivity index (χ0) is 23.5. The first kappa shape index (κ1) is 23.8. The Hall–Kier alpha value is -2.33. The van der Waals surface area contributed by atoms with Gasteiger partial charge in [0.25, 0.3) is 5.91 Å². The Labute approximate surface area is 202 Å². The number of halogens is 2. The van der Waals surface area contributed by atoms with E-state index >= 15 is 0 Å². The lowest BCUT2D eigenvalue weighted by atomic mass is 9.95. The van der Waals surface area contributed by atoms with Crippen LogP contribution in [0.15, 0.2) is 29.5 Å². The van der Waals surface area contributed by atoms with E-state index in [1.807, 2.05) is 6.92 Å². The second-order valence-corrected chi connectivity index (χ2v) is 8.96. The molecule has 1 aromatic carbocycles. The van der Waals surface area contributed by atoms with Gasteiger partial charge in [-0.1, -0.05) is 29.3 Å². The predicted molar refractivity (Wildman–Crippen MR) is 124 cm³/mol. The maximum Gasteiger partial charge on any atom is 0.322 e.